The third kappa shape index (κ3) is 5.00. The number of imidazole rings is 1. The highest BCUT2D eigenvalue weighted by Crippen LogP contribution is 2.32. The van der Waals surface area contributed by atoms with Crippen LogP contribution in [0, 0.1) is 11.6 Å². The summed E-state index contributed by atoms with van der Waals surface area (Å²) in [6, 6.07) is 8.61. The van der Waals surface area contributed by atoms with Crippen molar-refractivity contribution in [2.45, 2.75) is 13.0 Å². The minimum Gasteiger partial charge on any atom is -0.497 e. The van der Waals surface area contributed by atoms with E-state index in [9.17, 15) is 13.6 Å². The standard InChI is InChI=1S/C21H18F2N4O2S.ClH/c1-29-15-4-6-18-19(12-15)30-21(25-18)27(9-2-8-26-10-7-24-13-26)20(28)14-3-5-16(22)17(23)11-14;/h3-7,10-13H,2,8-9H2,1H3;1H. The number of carbonyl (C=O) groups excluding carboxylic acids is 1. The second-order valence-corrected chi connectivity index (χ2v) is 7.58. The van der Waals surface area contributed by atoms with Crippen molar-refractivity contribution in [3.05, 3.63) is 72.3 Å². The molecule has 0 spiro atoms. The van der Waals surface area contributed by atoms with E-state index < -0.39 is 17.5 Å². The molecule has 0 unspecified atom stereocenters. The highest BCUT2D eigenvalue weighted by atomic mass is 35.5. The molecular weight excluding hydrogens is 446 g/mol. The lowest BCUT2D eigenvalue weighted by molar-refractivity contribution is 0.0985. The van der Waals surface area contributed by atoms with Crippen molar-refractivity contribution in [1.82, 2.24) is 14.5 Å². The van der Waals surface area contributed by atoms with Crippen LogP contribution in [0.2, 0.25) is 0 Å². The maximum atomic E-state index is 13.7. The van der Waals surface area contributed by atoms with Gasteiger partial charge < -0.3 is 9.30 Å². The summed E-state index contributed by atoms with van der Waals surface area (Å²) in [7, 11) is 1.58. The van der Waals surface area contributed by atoms with Gasteiger partial charge in [0.1, 0.15) is 5.75 Å². The summed E-state index contributed by atoms with van der Waals surface area (Å²) in [6.07, 6.45) is 5.85. The molecule has 0 saturated heterocycles. The van der Waals surface area contributed by atoms with Crippen molar-refractivity contribution < 1.29 is 18.3 Å². The van der Waals surface area contributed by atoms with E-state index in [1.165, 1.54) is 22.3 Å². The Kier molecular flexibility index (Phi) is 7.19. The third-order valence-corrected chi connectivity index (χ3v) is 5.63. The molecule has 4 rings (SSSR count). The van der Waals surface area contributed by atoms with Crippen molar-refractivity contribution in [3.8, 4) is 5.75 Å². The molecule has 0 radical (unpaired) electrons. The lowest BCUT2D eigenvalue weighted by Crippen LogP contribution is -2.32. The van der Waals surface area contributed by atoms with Gasteiger partial charge in [0.15, 0.2) is 16.8 Å². The van der Waals surface area contributed by atoms with Crippen LogP contribution >= 0.6 is 23.7 Å². The van der Waals surface area contributed by atoms with E-state index in [2.05, 4.69) is 9.97 Å². The normalized spacial score (nSPS) is 10.7. The summed E-state index contributed by atoms with van der Waals surface area (Å²) in [5.41, 5.74) is 0.793. The molecule has 0 aliphatic heterocycles. The van der Waals surface area contributed by atoms with Crippen LogP contribution in [0.15, 0.2) is 55.1 Å². The molecule has 2 aromatic heterocycles. The maximum absolute atomic E-state index is 13.7. The summed E-state index contributed by atoms with van der Waals surface area (Å²) < 4.78 is 35.1. The van der Waals surface area contributed by atoms with E-state index in [1.54, 1.807) is 25.7 Å². The number of halogens is 3. The van der Waals surface area contributed by atoms with Crippen molar-refractivity contribution in [3.63, 3.8) is 0 Å². The number of hydrogen-bond acceptors (Lipinski definition) is 5. The molecule has 31 heavy (non-hydrogen) atoms. The van der Waals surface area contributed by atoms with Crippen molar-refractivity contribution in [1.29, 1.82) is 0 Å². The van der Waals surface area contributed by atoms with Crippen LogP contribution in [0.1, 0.15) is 16.8 Å². The zero-order valence-electron chi connectivity index (χ0n) is 16.5. The highest BCUT2D eigenvalue weighted by Gasteiger charge is 2.22. The third-order valence-electron chi connectivity index (χ3n) is 4.58. The molecule has 0 aliphatic carbocycles. The van der Waals surface area contributed by atoms with Crippen LogP contribution in [0.3, 0.4) is 0 Å². The number of aromatic nitrogens is 3. The van der Waals surface area contributed by atoms with Crippen LogP contribution in [-0.4, -0.2) is 34.1 Å². The largest absolute Gasteiger partial charge is 0.497 e. The predicted molar refractivity (Wildman–Crippen MR) is 118 cm³/mol. The Balaban J connectivity index is 0.00000272. The lowest BCUT2D eigenvalue weighted by atomic mass is 10.2. The van der Waals surface area contributed by atoms with E-state index in [0.717, 1.165) is 22.3 Å². The van der Waals surface area contributed by atoms with Gasteiger partial charge in [0.25, 0.3) is 5.91 Å². The molecule has 0 aliphatic rings. The molecule has 0 N–H and O–H groups in total. The van der Waals surface area contributed by atoms with Gasteiger partial charge in [-0.25, -0.2) is 18.7 Å². The first-order valence-electron chi connectivity index (χ1n) is 9.22. The van der Waals surface area contributed by atoms with E-state index >= 15 is 0 Å². The molecule has 4 aromatic rings. The molecule has 2 heterocycles. The Labute approximate surface area is 187 Å². The van der Waals surface area contributed by atoms with Crippen LogP contribution in [0.5, 0.6) is 5.75 Å². The molecule has 0 bridgehead atoms. The van der Waals surface area contributed by atoms with Gasteiger partial charge in [-0.05, 0) is 42.8 Å². The molecular formula is C21H19ClF2N4O2S. The number of ether oxygens (including phenoxy) is 1. The lowest BCUT2D eigenvalue weighted by Gasteiger charge is -2.20. The highest BCUT2D eigenvalue weighted by molar-refractivity contribution is 7.22. The number of fused-ring (bicyclic) bond motifs is 1. The Bertz CT molecular complexity index is 1180. The number of amides is 1. The SMILES string of the molecule is COc1ccc2nc(N(CCCn3ccnc3)C(=O)c3ccc(F)c(F)c3)sc2c1.Cl. The van der Waals surface area contributed by atoms with Crippen LogP contribution in [0.25, 0.3) is 10.2 Å². The smallest absolute Gasteiger partial charge is 0.260 e. The number of anilines is 1. The molecule has 2 aromatic carbocycles. The van der Waals surface area contributed by atoms with Gasteiger partial charge in [0, 0.05) is 31.0 Å². The summed E-state index contributed by atoms with van der Waals surface area (Å²) in [5.74, 6) is -1.81. The molecule has 1 amide bonds. The number of carbonyl (C=O) groups is 1. The minimum absolute atomic E-state index is 0. The zero-order chi connectivity index (χ0) is 21.1. The Morgan fingerprint density at radius 1 is 1.19 bits per heavy atom. The fraction of sp³-hybridized carbons (Fsp3) is 0.190. The zero-order valence-corrected chi connectivity index (χ0v) is 18.1. The van der Waals surface area contributed by atoms with Gasteiger partial charge in [0.05, 0.1) is 23.7 Å². The quantitative estimate of drug-likeness (QED) is 0.389. The van der Waals surface area contributed by atoms with Gasteiger partial charge in [0.2, 0.25) is 0 Å². The van der Waals surface area contributed by atoms with Crippen molar-refractivity contribution in [2.75, 3.05) is 18.6 Å². The van der Waals surface area contributed by atoms with Gasteiger partial charge in [-0.2, -0.15) is 0 Å². The van der Waals surface area contributed by atoms with Gasteiger partial charge in [-0.3, -0.25) is 9.69 Å². The van der Waals surface area contributed by atoms with E-state index in [0.29, 0.717) is 30.4 Å². The van der Waals surface area contributed by atoms with Crippen LogP contribution in [0.4, 0.5) is 13.9 Å². The first kappa shape index (κ1) is 22.6. The van der Waals surface area contributed by atoms with Crippen LogP contribution in [-0.2, 0) is 6.54 Å². The van der Waals surface area contributed by atoms with Crippen molar-refractivity contribution in [2.24, 2.45) is 0 Å². The van der Waals surface area contributed by atoms with E-state index in [4.69, 9.17) is 4.74 Å². The number of methoxy groups -OCH3 is 1. The average molecular weight is 465 g/mol. The number of hydrogen-bond donors (Lipinski definition) is 0. The molecule has 6 nitrogen and oxygen atoms in total. The number of benzene rings is 2. The van der Waals surface area contributed by atoms with Crippen LogP contribution < -0.4 is 9.64 Å². The fourth-order valence-electron chi connectivity index (χ4n) is 3.03. The second kappa shape index (κ2) is 9.84. The predicted octanol–water partition coefficient (Wildman–Crippen LogP) is 4.94. The Morgan fingerprint density at radius 3 is 2.74 bits per heavy atom. The fourth-order valence-corrected chi connectivity index (χ4v) is 4.05. The van der Waals surface area contributed by atoms with Gasteiger partial charge >= 0.3 is 0 Å². The Morgan fingerprint density at radius 2 is 2.03 bits per heavy atom. The molecule has 0 atom stereocenters. The number of aryl methyl sites for hydroxylation is 1. The Hall–Kier alpha value is -3.04. The summed E-state index contributed by atoms with van der Waals surface area (Å²) in [4.78, 5) is 23.2. The average Bonchev–Trinajstić information content (AvgIpc) is 3.41. The molecule has 0 saturated carbocycles. The van der Waals surface area contributed by atoms with E-state index in [1.807, 2.05) is 22.9 Å². The number of rotatable bonds is 7. The topological polar surface area (TPSA) is 60.2 Å². The summed E-state index contributed by atoms with van der Waals surface area (Å²) in [6.45, 7) is 1.01. The van der Waals surface area contributed by atoms with Gasteiger partial charge in [-0.1, -0.05) is 11.3 Å². The summed E-state index contributed by atoms with van der Waals surface area (Å²) >= 11 is 1.34. The number of thiazole rings is 1. The first-order valence-corrected chi connectivity index (χ1v) is 10.0. The van der Waals surface area contributed by atoms with Gasteiger partial charge in [-0.15, -0.1) is 12.4 Å². The van der Waals surface area contributed by atoms with Crippen molar-refractivity contribution >= 4 is 45.0 Å². The molecule has 0 fully saturated rings. The summed E-state index contributed by atoms with van der Waals surface area (Å²) in [5, 5.41) is 0.485. The first-order chi connectivity index (χ1) is 14.5. The molecule has 162 valence electrons. The molecule has 10 heteroatoms. The minimum atomic E-state index is -1.06. The maximum Gasteiger partial charge on any atom is 0.260 e. The second-order valence-electron chi connectivity index (χ2n) is 6.57. The monoisotopic (exact) mass is 464 g/mol. The number of nitrogens with zero attached hydrogens (tertiary/aromatic N) is 4. The van der Waals surface area contributed by atoms with E-state index in [-0.39, 0.29) is 18.0 Å².